The number of aromatic nitrogens is 2. The van der Waals surface area contributed by atoms with E-state index in [9.17, 15) is 9.59 Å². The third-order valence-electron chi connectivity index (χ3n) is 3.49. The molecule has 0 aliphatic carbocycles. The van der Waals surface area contributed by atoms with Gasteiger partial charge in [-0.05, 0) is 43.3 Å². The van der Waals surface area contributed by atoms with Gasteiger partial charge < -0.3 is 9.88 Å². The Labute approximate surface area is 141 Å². The molecule has 0 spiro atoms. The number of aryl methyl sites for hydroxylation is 1. The van der Waals surface area contributed by atoms with E-state index in [1.807, 2.05) is 37.3 Å². The summed E-state index contributed by atoms with van der Waals surface area (Å²) in [5.41, 5.74) is 1.46. The topological polar surface area (TPSA) is 64.0 Å². The number of carbonyl (C=O) groups excluding carboxylic acids is 1. The first kappa shape index (κ1) is 15.4. The molecule has 1 amide bonds. The second-order valence-electron chi connectivity index (χ2n) is 4.96. The lowest BCUT2D eigenvalue weighted by molar-refractivity contribution is 0.102. The van der Waals surface area contributed by atoms with E-state index in [4.69, 9.17) is 0 Å². The monoisotopic (exact) mass is 371 g/mol. The van der Waals surface area contributed by atoms with Gasteiger partial charge in [-0.15, -0.1) is 0 Å². The molecule has 0 saturated heterocycles. The Balaban J connectivity index is 2.05. The first-order valence-electron chi connectivity index (χ1n) is 7.16. The summed E-state index contributed by atoms with van der Waals surface area (Å²) < 4.78 is 2.46. The predicted molar refractivity (Wildman–Crippen MR) is 93.8 cm³/mol. The third kappa shape index (κ3) is 3.03. The number of halogens is 1. The van der Waals surface area contributed by atoms with Gasteiger partial charge in [0, 0.05) is 16.7 Å². The highest BCUT2D eigenvalue weighted by molar-refractivity contribution is 9.10. The molecule has 0 unspecified atom stereocenters. The summed E-state index contributed by atoms with van der Waals surface area (Å²) in [7, 11) is 0. The maximum atomic E-state index is 12.5. The summed E-state index contributed by atoms with van der Waals surface area (Å²) in [5.74, 6) is -0.509. The van der Waals surface area contributed by atoms with Crippen LogP contribution in [-0.2, 0) is 6.54 Å². The lowest BCUT2D eigenvalue weighted by Gasteiger charge is -2.10. The lowest BCUT2D eigenvalue weighted by atomic mass is 10.2. The zero-order valence-electron chi connectivity index (χ0n) is 12.4. The largest absolute Gasteiger partial charge is 0.320 e. The van der Waals surface area contributed by atoms with Crippen molar-refractivity contribution in [2.24, 2.45) is 0 Å². The Morgan fingerprint density at radius 1 is 1.17 bits per heavy atom. The summed E-state index contributed by atoms with van der Waals surface area (Å²) in [5, 5.41) is 2.71. The number of nitrogens with zero attached hydrogens (tertiary/aromatic N) is 2. The smallest absolute Gasteiger partial charge is 0.282 e. The van der Waals surface area contributed by atoms with Crippen molar-refractivity contribution in [3.8, 4) is 0 Å². The van der Waals surface area contributed by atoms with Gasteiger partial charge in [0.15, 0.2) is 5.69 Å². The van der Waals surface area contributed by atoms with Crippen molar-refractivity contribution in [1.82, 2.24) is 9.55 Å². The molecule has 0 aliphatic heterocycles. The zero-order valence-corrected chi connectivity index (χ0v) is 14.0. The van der Waals surface area contributed by atoms with Gasteiger partial charge in [0.25, 0.3) is 11.5 Å². The van der Waals surface area contributed by atoms with Crippen LogP contribution in [0.5, 0.6) is 0 Å². The third-order valence-corrected chi connectivity index (χ3v) is 4.01. The van der Waals surface area contributed by atoms with E-state index in [-0.39, 0.29) is 11.3 Å². The van der Waals surface area contributed by atoms with Crippen molar-refractivity contribution >= 4 is 38.6 Å². The first-order chi connectivity index (χ1) is 11.1. The normalized spacial score (nSPS) is 10.7. The number of benzene rings is 2. The summed E-state index contributed by atoms with van der Waals surface area (Å²) >= 11 is 3.34. The van der Waals surface area contributed by atoms with Gasteiger partial charge in [-0.25, -0.2) is 4.98 Å². The molecule has 0 bridgehead atoms. The van der Waals surface area contributed by atoms with Crippen molar-refractivity contribution in [2.75, 3.05) is 5.32 Å². The highest BCUT2D eigenvalue weighted by Gasteiger charge is 2.17. The molecule has 0 atom stereocenters. The van der Waals surface area contributed by atoms with Crippen LogP contribution in [0.25, 0.3) is 11.0 Å². The molecule has 0 saturated carbocycles. The lowest BCUT2D eigenvalue weighted by Crippen LogP contribution is -2.30. The Hall–Kier alpha value is -2.47. The van der Waals surface area contributed by atoms with E-state index in [2.05, 4.69) is 26.2 Å². The van der Waals surface area contributed by atoms with Crippen LogP contribution in [0.3, 0.4) is 0 Å². The number of rotatable bonds is 3. The van der Waals surface area contributed by atoms with E-state index < -0.39 is 5.91 Å². The molecule has 23 heavy (non-hydrogen) atoms. The van der Waals surface area contributed by atoms with Gasteiger partial charge >= 0.3 is 0 Å². The maximum absolute atomic E-state index is 12.5. The minimum absolute atomic E-state index is 0.103. The SMILES string of the molecule is CCn1c(=O)c(C(=O)Nc2ccc(Br)cc2)nc2ccccc21. The van der Waals surface area contributed by atoms with Crippen LogP contribution in [0.15, 0.2) is 57.8 Å². The fraction of sp³-hybridized carbons (Fsp3) is 0.118. The minimum Gasteiger partial charge on any atom is -0.320 e. The number of carbonyl (C=O) groups is 1. The van der Waals surface area contributed by atoms with E-state index >= 15 is 0 Å². The van der Waals surface area contributed by atoms with Gasteiger partial charge in [0.05, 0.1) is 11.0 Å². The fourth-order valence-electron chi connectivity index (χ4n) is 2.38. The molecule has 0 fully saturated rings. The highest BCUT2D eigenvalue weighted by atomic mass is 79.9. The Kier molecular flexibility index (Phi) is 4.25. The second kappa shape index (κ2) is 6.34. The van der Waals surface area contributed by atoms with Crippen molar-refractivity contribution in [1.29, 1.82) is 0 Å². The molecular formula is C17H14BrN3O2. The standard InChI is InChI=1S/C17H14BrN3O2/c1-2-21-14-6-4-3-5-13(14)20-15(17(21)23)16(22)19-12-9-7-11(18)8-10-12/h3-10H,2H2,1H3,(H,19,22). The Morgan fingerprint density at radius 3 is 2.57 bits per heavy atom. The molecule has 1 aromatic heterocycles. The quantitative estimate of drug-likeness (QED) is 0.766. The Morgan fingerprint density at radius 2 is 1.87 bits per heavy atom. The van der Waals surface area contributed by atoms with Crippen molar-refractivity contribution in [2.45, 2.75) is 13.5 Å². The molecule has 1 heterocycles. The van der Waals surface area contributed by atoms with Crippen LogP contribution >= 0.6 is 15.9 Å². The summed E-state index contributed by atoms with van der Waals surface area (Å²) in [6, 6.07) is 14.4. The van der Waals surface area contributed by atoms with Crippen molar-refractivity contribution in [3.05, 3.63) is 69.1 Å². The van der Waals surface area contributed by atoms with E-state index in [0.717, 1.165) is 9.99 Å². The van der Waals surface area contributed by atoms with E-state index in [1.165, 1.54) is 0 Å². The molecule has 5 nitrogen and oxygen atoms in total. The van der Waals surface area contributed by atoms with Gasteiger partial charge in [-0.3, -0.25) is 9.59 Å². The average Bonchev–Trinajstić information content (AvgIpc) is 2.56. The van der Waals surface area contributed by atoms with Gasteiger partial charge in [-0.2, -0.15) is 0 Å². The van der Waals surface area contributed by atoms with Crippen LogP contribution in [-0.4, -0.2) is 15.5 Å². The molecule has 1 N–H and O–H groups in total. The van der Waals surface area contributed by atoms with Crippen LogP contribution in [0.1, 0.15) is 17.4 Å². The summed E-state index contributed by atoms with van der Waals surface area (Å²) in [6.07, 6.45) is 0. The molecular weight excluding hydrogens is 358 g/mol. The molecule has 116 valence electrons. The van der Waals surface area contributed by atoms with E-state index in [0.29, 0.717) is 17.7 Å². The van der Waals surface area contributed by atoms with Crippen LogP contribution in [0.4, 0.5) is 5.69 Å². The van der Waals surface area contributed by atoms with Crippen molar-refractivity contribution < 1.29 is 4.79 Å². The molecule has 2 aromatic carbocycles. The summed E-state index contributed by atoms with van der Waals surface area (Å²) in [4.78, 5) is 29.2. The van der Waals surface area contributed by atoms with Gasteiger partial charge in [0.2, 0.25) is 0 Å². The fourth-order valence-corrected chi connectivity index (χ4v) is 2.64. The molecule has 3 rings (SSSR count). The van der Waals surface area contributed by atoms with Crippen LogP contribution in [0, 0.1) is 0 Å². The minimum atomic E-state index is -0.509. The Bertz CT molecular complexity index is 933. The highest BCUT2D eigenvalue weighted by Crippen LogP contribution is 2.15. The molecule has 3 aromatic rings. The molecule has 0 radical (unpaired) electrons. The maximum Gasteiger partial charge on any atom is 0.282 e. The number of anilines is 1. The van der Waals surface area contributed by atoms with Crippen molar-refractivity contribution in [3.63, 3.8) is 0 Å². The number of hydrogen-bond acceptors (Lipinski definition) is 3. The van der Waals surface area contributed by atoms with E-state index in [1.54, 1.807) is 22.8 Å². The number of fused-ring (bicyclic) bond motifs is 1. The first-order valence-corrected chi connectivity index (χ1v) is 7.96. The number of para-hydroxylation sites is 2. The van der Waals surface area contributed by atoms with Gasteiger partial charge in [0.1, 0.15) is 0 Å². The number of amides is 1. The van der Waals surface area contributed by atoms with Gasteiger partial charge in [-0.1, -0.05) is 28.1 Å². The second-order valence-corrected chi connectivity index (χ2v) is 5.88. The zero-order chi connectivity index (χ0) is 16.4. The molecule has 0 aliphatic rings. The number of hydrogen-bond donors (Lipinski definition) is 1. The number of nitrogens with one attached hydrogen (secondary N) is 1. The van der Waals surface area contributed by atoms with Crippen LogP contribution in [0.2, 0.25) is 0 Å². The predicted octanol–water partition coefficient (Wildman–Crippen LogP) is 3.43. The average molecular weight is 372 g/mol. The van der Waals surface area contributed by atoms with Crippen LogP contribution < -0.4 is 10.9 Å². The molecule has 6 heteroatoms. The summed E-state index contributed by atoms with van der Waals surface area (Å²) in [6.45, 7) is 2.34.